The number of carboxylic acids is 1. The third kappa shape index (κ3) is 17.6. The van der Waals surface area contributed by atoms with Gasteiger partial charge in [-0.15, -0.1) is 0 Å². The molecular weight excluding hydrogens is 381 g/mol. The molecule has 4 heteroatoms. The van der Waals surface area contributed by atoms with Crippen molar-refractivity contribution >= 4 is 5.97 Å². The number of hydrogen-bond acceptors (Lipinski definition) is 3. The van der Waals surface area contributed by atoms with Gasteiger partial charge in [0.25, 0.3) is 0 Å². The molecule has 0 spiro atoms. The zero-order valence-corrected chi connectivity index (χ0v) is 22.8. The van der Waals surface area contributed by atoms with Crippen molar-refractivity contribution in [2.24, 2.45) is 0 Å². The Balaban J connectivity index is 0. The number of carbonyl (C=O) groups is 1. The quantitative estimate of drug-likeness (QED) is 0.169. The first-order valence-corrected chi connectivity index (χ1v) is 12.4. The molecular formula is C26H48NNaO2. The first-order chi connectivity index (χ1) is 14.1. The summed E-state index contributed by atoms with van der Waals surface area (Å²) < 4.78 is 0. The van der Waals surface area contributed by atoms with E-state index in [9.17, 15) is 9.90 Å². The summed E-state index contributed by atoms with van der Waals surface area (Å²) in [6.45, 7) is 8.89. The van der Waals surface area contributed by atoms with Crippen LogP contribution in [0.25, 0.3) is 0 Å². The fraction of sp³-hybridized carbons (Fsp3) is 0.808. The van der Waals surface area contributed by atoms with Crippen LogP contribution in [0.4, 0.5) is 0 Å². The summed E-state index contributed by atoms with van der Waals surface area (Å²) in [7, 11) is 0. The van der Waals surface area contributed by atoms with Gasteiger partial charge in [-0.1, -0.05) is 77.7 Å². The summed E-state index contributed by atoms with van der Waals surface area (Å²) in [6, 6.07) is 0.703. The molecule has 0 heterocycles. The fourth-order valence-electron chi connectivity index (χ4n) is 4.07. The van der Waals surface area contributed by atoms with E-state index >= 15 is 0 Å². The van der Waals surface area contributed by atoms with E-state index < -0.39 is 5.97 Å². The van der Waals surface area contributed by atoms with E-state index in [0.717, 1.165) is 77.0 Å². The zero-order chi connectivity index (χ0) is 21.7. The number of aliphatic carboxylic acids is 1. The van der Waals surface area contributed by atoms with Crippen LogP contribution in [0.3, 0.4) is 0 Å². The van der Waals surface area contributed by atoms with Crippen LogP contribution >= 0.6 is 0 Å². The van der Waals surface area contributed by atoms with E-state index in [2.05, 4.69) is 56.9 Å². The molecule has 0 rings (SSSR count). The number of hydrogen-bond donors (Lipinski definition) is 0. The third-order valence-corrected chi connectivity index (χ3v) is 5.55. The summed E-state index contributed by atoms with van der Waals surface area (Å²) in [5.74, 6) is -0.933. The molecule has 0 saturated carbocycles. The smallest absolute Gasteiger partial charge is 0.549 e. The van der Waals surface area contributed by atoms with Gasteiger partial charge in [-0.3, -0.25) is 4.90 Å². The molecule has 0 saturated heterocycles. The van der Waals surface area contributed by atoms with Crippen molar-refractivity contribution in [3.63, 3.8) is 0 Å². The van der Waals surface area contributed by atoms with E-state index in [1.165, 1.54) is 12.8 Å². The Morgan fingerprint density at radius 3 is 1.43 bits per heavy atom. The number of carboxylic acid groups (broad SMARTS) is 1. The normalized spacial score (nSPS) is 13.8. The van der Waals surface area contributed by atoms with Gasteiger partial charge in [0.2, 0.25) is 0 Å². The molecule has 0 fully saturated rings. The average Bonchev–Trinajstić information content (AvgIpc) is 2.69. The number of rotatable bonds is 20. The molecule has 0 bridgehead atoms. The van der Waals surface area contributed by atoms with Gasteiger partial charge in [-0.2, -0.15) is 0 Å². The Kier molecular flexibility index (Phi) is 25.2. The Labute approximate surface area is 210 Å². The second-order valence-corrected chi connectivity index (χ2v) is 8.31. The van der Waals surface area contributed by atoms with Crippen LogP contribution < -0.4 is 34.7 Å². The Morgan fingerprint density at radius 2 is 1.10 bits per heavy atom. The van der Waals surface area contributed by atoms with Gasteiger partial charge in [0, 0.05) is 18.6 Å². The van der Waals surface area contributed by atoms with Gasteiger partial charge >= 0.3 is 29.6 Å². The van der Waals surface area contributed by atoms with Crippen LogP contribution in [-0.2, 0) is 4.79 Å². The maximum Gasteiger partial charge on any atom is 1.00 e. The molecule has 0 aliphatic carbocycles. The monoisotopic (exact) mass is 429 g/mol. The fourth-order valence-corrected chi connectivity index (χ4v) is 4.07. The first-order valence-electron chi connectivity index (χ1n) is 12.4. The van der Waals surface area contributed by atoms with Gasteiger partial charge in [0.05, 0.1) is 5.97 Å². The SMILES string of the molecule is CCC/C=C/CCCC(CCC)N(CC(=O)[O-])C(CCC)CCC/C=C/CCC.[Na+]. The van der Waals surface area contributed by atoms with E-state index in [1.807, 2.05) is 0 Å². The van der Waals surface area contributed by atoms with Crippen molar-refractivity contribution in [3.8, 4) is 0 Å². The molecule has 2 unspecified atom stereocenters. The van der Waals surface area contributed by atoms with Crippen molar-refractivity contribution < 1.29 is 39.5 Å². The minimum absolute atomic E-state index is 0. The van der Waals surface area contributed by atoms with Gasteiger partial charge in [0.15, 0.2) is 0 Å². The third-order valence-electron chi connectivity index (χ3n) is 5.55. The summed E-state index contributed by atoms with van der Waals surface area (Å²) in [4.78, 5) is 13.8. The van der Waals surface area contributed by atoms with Gasteiger partial charge in [0.1, 0.15) is 0 Å². The number of allylic oxidation sites excluding steroid dienone is 4. The van der Waals surface area contributed by atoms with Crippen molar-refractivity contribution in [1.82, 2.24) is 4.90 Å². The molecule has 0 N–H and O–H groups in total. The minimum Gasteiger partial charge on any atom is -0.549 e. The Bertz CT molecular complexity index is 405. The minimum atomic E-state index is -0.933. The molecule has 0 aliphatic rings. The summed E-state index contributed by atoms with van der Waals surface area (Å²) >= 11 is 0. The zero-order valence-electron chi connectivity index (χ0n) is 20.8. The topological polar surface area (TPSA) is 43.4 Å². The molecule has 2 atom stereocenters. The van der Waals surface area contributed by atoms with E-state index in [1.54, 1.807) is 0 Å². The summed E-state index contributed by atoms with van der Waals surface area (Å²) in [5.41, 5.74) is 0. The number of carbonyl (C=O) groups excluding carboxylic acids is 1. The average molecular weight is 430 g/mol. The molecule has 0 aliphatic heterocycles. The van der Waals surface area contributed by atoms with Crippen LogP contribution in [0.5, 0.6) is 0 Å². The van der Waals surface area contributed by atoms with Crippen molar-refractivity contribution in [2.75, 3.05) is 6.54 Å². The van der Waals surface area contributed by atoms with Crippen molar-refractivity contribution in [3.05, 3.63) is 24.3 Å². The largest absolute Gasteiger partial charge is 1.00 e. The first kappa shape index (κ1) is 32.1. The predicted octanol–water partition coefficient (Wildman–Crippen LogP) is 3.43. The van der Waals surface area contributed by atoms with Gasteiger partial charge in [-0.05, 0) is 64.2 Å². The van der Waals surface area contributed by atoms with Gasteiger partial charge in [-0.25, -0.2) is 0 Å². The van der Waals surface area contributed by atoms with E-state index in [0.29, 0.717) is 12.1 Å². The predicted molar refractivity (Wildman–Crippen MR) is 125 cm³/mol. The van der Waals surface area contributed by atoms with E-state index in [-0.39, 0.29) is 36.1 Å². The van der Waals surface area contributed by atoms with Crippen molar-refractivity contribution in [1.29, 1.82) is 0 Å². The van der Waals surface area contributed by atoms with Crippen LogP contribution in [0.15, 0.2) is 24.3 Å². The molecule has 30 heavy (non-hydrogen) atoms. The standard InChI is InChI=1S/C26H49NO2.Na/c1-5-9-11-13-15-17-21-24(19-7-3)27(23-26(28)29)25(20-8-4)22-18-16-14-12-10-6-2;/h11-14,24-25H,5-10,15-23H2,1-4H3,(H,28,29);/q;+1/p-1/b13-11+,14-12+;. The van der Waals surface area contributed by atoms with Crippen molar-refractivity contribution in [2.45, 2.75) is 130 Å². The summed E-state index contributed by atoms with van der Waals surface area (Å²) in [5, 5.41) is 11.5. The van der Waals surface area contributed by atoms with Crippen LogP contribution in [0.1, 0.15) is 118 Å². The van der Waals surface area contributed by atoms with Crippen LogP contribution in [0.2, 0.25) is 0 Å². The molecule has 0 aromatic carbocycles. The van der Waals surface area contributed by atoms with Crippen LogP contribution in [-0.4, -0.2) is 29.5 Å². The molecule has 0 radical (unpaired) electrons. The molecule has 0 aromatic rings. The molecule has 0 amide bonds. The second-order valence-electron chi connectivity index (χ2n) is 8.31. The Hall–Kier alpha value is -0.0900. The maximum atomic E-state index is 11.5. The molecule has 3 nitrogen and oxygen atoms in total. The number of unbranched alkanes of at least 4 members (excludes halogenated alkanes) is 4. The molecule has 0 aromatic heterocycles. The second kappa shape index (κ2) is 23.6. The van der Waals surface area contributed by atoms with Crippen LogP contribution in [0, 0.1) is 0 Å². The van der Waals surface area contributed by atoms with Gasteiger partial charge < -0.3 is 9.90 Å². The maximum absolute atomic E-state index is 11.5. The number of nitrogens with zero attached hydrogens (tertiary/aromatic N) is 1. The summed E-state index contributed by atoms with van der Waals surface area (Å²) in [6.07, 6.45) is 24.8. The van der Waals surface area contributed by atoms with E-state index in [4.69, 9.17) is 0 Å². The Morgan fingerprint density at radius 1 is 0.700 bits per heavy atom. The molecule has 170 valence electrons.